The summed E-state index contributed by atoms with van der Waals surface area (Å²) in [5, 5.41) is 20.9. The van der Waals surface area contributed by atoms with Gasteiger partial charge in [0.25, 0.3) is 5.91 Å². The van der Waals surface area contributed by atoms with Gasteiger partial charge in [0.1, 0.15) is 0 Å². The smallest absolute Gasteiger partial charge is 0.255 e. The lowest BCUT2D eigenvalue weighted by Crippen LogP contribution is -2.26. The van der Waals surface area contributed by atoms with Gasteiger partial charge in [-0.15, -0.1) is 0 Å². The quantitative estimate of drug-likeness (QED) is 0.683. The van der Waals surface area contributed by atoms with Gasteiger partial charge in [-0.05, 0) is 12.1 Å². The second-order valence-electron chi connectivity index (χ2n) is 3.96. The van der Waals surface area contributed by atoms with Crippen molar-refractivity contribution in [1.82, 2.24) is 4.90 Å². The van der Waals surface area contributed by atoms with Crippen molar-refractivity contribution in [1.29, 1.82) is 0 Å². The maximum atomic E-state index is 11.9. The van der Waals surface area contributed by atoms with Gasteiger partial charge < -0.3 is 20.4 Å². The fraction of sp³-hybridized carbons (Fsp3) is 0.417. The van der Waals surface area contributed by atoms with E-state index in [1.807, 2.05) is 0 Å². The Balaban J connectivity index is 2.81. The highest BCUT2D eigenvalue weighted by atomic mass is 16.3. The molecule has 1 aromatic carbocycles. The third kappa shape index (κ3) is 3.72. The van der Waals surface area contributed by atoms with E-state index in [-0.39, 0.29) is 19.1 Å². The SMILES string of the molecule is CN(C)C(=O)c1ccccc1NCC(O)CO. The Morgan fingerprint density at radius 2 is 2.06 bits per heavy atom. The van der Waals surface area contributed by atoms with Gasteiger partial charge in [0.15, 0.2) is 0 Å². The second-order valence-corrected chi connectivity index (χ2v) is 3.96. The summed E-state index contributed by atoms with van der Waals surface area (Å²) in [7, 11) is 3.36. The topological polar surface area (TPSA) is 72.8 Å². The summed E-state index contributed by atoms with van der Waals surface area (Å²) in [6, 6.07) is 7.07. The zero-order valence-electron chi connectivity index (χ0n) is 10.1. The lowest BCUT2D eigenvalue weighted by atomic mass is 10.1. The predicted molar refractivity (Wildman–Crippen MR) is 66.0 cm³/mol. The minimum atomic E-state index is -0.836. The summed E-state index contributed by atoms with van der Waals surface area (Å²) in [5.74, 6) is -0.105. The molecule has 0 fully saturated rings. The molecule has 3 N–H and O–H groups in total. The summed E-state index contributed by atoms with van der Waals surface area (Å²) < 4.78 is 0. The maximum Gasteiger partial charge on any atom is 0.255 e. The predicted octanol–water partition coefficient (Wildman–Crippen LogP) is 0.154. The first-order chi connectivity index (χ1) is 8.06. The van der Waals surface area contributed by atoms with E-state index in [2.05, 4.69) is 5.32 Å². The van der Waals surface area contributed by atoms with Gasteiger partial charge in [0, 0.05) is 26.3 Å². The lowest BCUT2D eigenvalue weighted by Gasteiger charge is -2.16. The highest BCUT2D eigenvalue weighted by molar-refractivity contribution is 5.99. The molecule has 0 radical (unpaired) electrons. The molecule has 94 valence electrons. The number of aliphatic hydroxyl groups excluding tert-OH is 2. The van der Waals surface area contributed by atoms with E-state index in [1.165, 1.54) is 4.90 Å². The first-order valence-electron chi connectivity index (χ1n) is 5.39. The van der Waals surface area contributed by atoms with Crippen LogP contribution in [0.4, 0.5) is 5.69 Å². The Morgan fingerprint density at radius 3 is 2.65 bits per heavy atom. The fourth-order valence-corrected chi connectivity index (χ4v) is 1.36. The largest absolute Gasteiger partial charge is 0.394 e. The van der Waals surface area contributed by atoms with Crippen LogP contribution in [-0.4, -0.2) is 54.4 Å². The zero-order chi connectivity index (χ0) is 12.8. The van der Waals surface area contributed by atoms with Crippen molar-refractivity contribution >= 4 is 11.6 Å². The highest BCUT2D eigenvalue weighted by Gasteiger charge is 2.13. The number of benzene rings is 1. The fourth-order valence-electron chi connectivity index (χ4n) is 1.36. The molecule has 1 aromatic rings. The number of hydrogen-bond acceptors (Lipinski definition) is 4. The molecule has 1 atom stereocenters. The normalized spacial score (nSPS) is 12.0. The number of para-hydroxylation sites is 1. The van der Waals surface area contributed by atoms with E-state index in [0.29, 0.717) is 11.3 Å². The van der Waals surface area contributed by atoms with E-state index in [9.17, 15) is 9.90 Å². The number of anilines is 1. The summed E-state index contributed by atoms with van der Waals surface area (Å²) in [6.45, 7) is -0.106. The van der Waals surface area contributed by atoms with Crippen LogP contribution in [0.5, 0.6) is 0 Å². The Hall–Kier alpha value is -1.59. The molecular weight excluding hydrogens is 220 g/mol. The minimum Gasteiger partial charge on any atom is -0.394 e. The molecule has 1 rings (SSSR count). The molecule has 5 nitrogen and oxygen atoms in total. The molecule has 0 saturated heterocycles. The van der Waals surface area contributed by atoms with E-state index >= 15 is 0 Å². The number of nitrogens with one attached hydrogen (secondary N) is 1. The van der Waals surface area contributed by atoms with Gasteiger partial charge in [0.2, 0.25) is 0 Å². The van der Waals surface area contributed by atoms with Crippen molar-refractivity contribution in [2.24, 2.45) is 0 Å². The van der Waals surface area contributed by atoms with Crippen LogP contribution in [0.3, 0.4) is 0 Å². The van der Waals surface area contributed by atoms with E-state index < -0.39 is 6.10 Å². The van der Waals surface area contributed by atoms with Crippen molar-refractivity contribution in [3.63, 3.8) is 0 Å². The molecular formula is C12H18N2O3. The van der Waals surface area contributed by atoms with Crippen LogP contribution in [0.1, 0.15) is 10.4 Å². The standard InChI is InChI=1S/C12H18N2O3/c1-14(2)12(17)10-5-3-4-6-11(10)13-7-9(16)8-15/h3-6,9,13,15-16H,7-8H2,1-2H3. The van der Waals surface area contributed by atoms with Gasteiger partial charge >= 0.3 is 0 Å². The molecule has 1 unspecified atom stereocenters. The van der Waals surface area contributed by atoms with Crippen LogP contribution in [0.2, 0.25) is 0 Å². The molecule has 0 spiro atoms. The van der Waals surface area contributed by atoms with Crippen molar-refractivity contribution in [3.05, 3.63) is 29.8 Å². The molecule has 17 heavy (non-hydrogen) atoms. The lowest BCUT2D eigenvalue weighted by molar-refractivity contribution is 0.0828. The van der Waals surface area contributed by atoms with Crippen molar-refractivity contribution in [3.8, 4) is 0 Å². The number of hydrogen-bond donors (Lipinski definition) is 3. The summed E-state index contributed by atoms with van der Waals surface area (Å²) in [5.41, 5.74) is 1.20. The molecule has 0 aromatic heterocycles. The van der Waals surface area contributed by atoms with Crippen LogP contribution < -0.4 is 5.32 Å². The van der Waals surface area contributed by atoms with Crippen LogP contribution in [0, 0.1) is 0 Å². The minimum absolute atomic E-state index is 0.105. The third-order valence-electron chi connectivity index (χ3n) is 2.30. The van der Waals surface area contributed by atoms with Gasteiger partial charge in [-0.3, -0.25) is 4.79 Å². The molecule has 5 heteroatoms. The molecule has 0 aliphatic heterocycles. The second kappa shape index (κ2) is 6.22. The third-order valence-corrected chi connectivity index (χ3v) is 2.30. The number of carbonyl (C=O) groups is 1. The van der Waals surface area contributed by atoms with Crippen molar-refractivity contribution in [2.45, 2.75) is 6.10 Å². The van der Waals surface area contributed by atoms with Gasteiger partial charge in [0.05, 0.1) is 18.3 Å². The Kier molecular flexibility index (Phi) is 4.93. The zero-order valence-corrected chi connectivity index (χ0v) is 10.1. The summed E-state index contributed by atoms with van der Waals surface area (Å²) in [4.78, 5) is 13.3. The summed E-state index contributed by atoms with van der Waals surface area (Å²) in [6.07, 6.45) is -0.836. The Labute approximate surface area is 101 Å². The van der Waals surface area contributed by atoms with Crippen molar-refractivity contribution < 1.29 is 15.0 Å². The number of nitrogens with zero attached hydrogens (tertiary/aromatic N) is 1. The monoisotopic (exact) mass is 238 g/mol. The van der Waals surface area contributed by atoms with Crippen LogP contribution >= 0.6 is 0 Å². The maximum absolute atomic E-state index is 11.9. The molecule has 1 amide bonds. The number of aliphatic hydroxyl groups is 2. The molecule has 0 heterocycles. The van der Waals surface area contributed by atoms with E-state index in [0.717, 1.165) is 0 Å². The van der Waals surface area contributed by atoms with Gasteiger partial charge in [-0.2, -0.15) is 0 Å². The average Bonchev–Trinajstić information content (AvgIpc) is 2.35. The average molecular weight is 238 g/mol. The first-order valence-corrected chi connectivity index (χ1v) is 5.39. The van der Waals surface area contributed by atoms with Gasteiger partial charge in [-0.1, -0.05) is 12.1 Å². The number of rotatable bonds is 5. The number of carbonyl (C=O) groups excluding carboxylic acids is 1. The number of amides is 1. The van der Waals surface area contributed by atoms with E-state index in [4.69, 9.17) is 5.11 Å². The van der Waals surface area contributed by atoms with Crippen LogP contribution in [0.25, 0.3) is 0 Å². The Bertz CT molecular complexity index is 380. The van der Waals surface area contributed by atoms with E-state index in [1.54, 1.807) is 38.4 Å². The molecule has 0 aliphatic carbocycles. The molecule has 0 aliphatic rings. The highest BCUT2D eigenvalue weighted by Crippen LogP contribution is 2.16. The van der Waals surface area contributed by atoms with Crippen molar-refractivity contribution in [2.75, 3.05) is 32.6 Å². The van der Waals surface area contributed by atoms with Gasteiger partial charge in [-0.25, -0.2) is 0 Å². The van der Waals surface area contributed by atoms with Crippen LogP contribution in [0.15, 0.2) is 24.3 Å². The summed E-state index contributed by atoms with van der Waals surface area (Å²) >= 11 is 0. The van der Waals surface area contributed by atoms with Crippen LogP contribution in [-0.2, 0) is 0 Å². The molecule has 0 bridgehead atoms. The molecule has 0 saturated carbocycles. The Morgan fingerprint density at radius 1 is 1.41 bits per heavy atom. The first kappa shape index (κ1) is 13.5.